The van der Waals surface area contributed by atoms with E-state index in [2.05, 4.69) is 18.8 Å². The van der Waals surface area contributed by atoms with E-state index < -0.39 is 10.0 Å². The lowest BCUT2D eigenvalue weighted by Crippen LogP contribution is -2.39. The minimum Gasteiger partial charge on any atom is -0.361 e. The topological polar surface area (TPSA) is 77.0 Å². The molecular formula is C21H23N3O2S. The first-order valence-electron chi connectivity index (χ1n) is 8.94. The van der Waals surface area contributed by atoms with Crippen LogP contribution in [0.4, 0.5) is 5.69 Å². The van der Waals surface area contributed by atoms with Crippen LogP contribution >= 0.6 is 0 Å². The van der Waals surface area contributed by atoms with Crippen LogP contribution in [0.5, 0.6) is 0 Å². The van der Waals surface area contributed by atoms with E-state index in [4.69, 9.17) is 5.26 Å². The second-order valence-electron chi connectivity index (χ2n) is 7.16. The zero-order chi connectivity index (χ0) is 19.6. The molecule has 1 atom stereocenters. The quantitative estimate of drug-likeness (QED) is 0.674. The molecule has 3 aromatic rings. The van der Waals surface area contributed by atoms with Crippen LogP contribution in [0.25, 0.3) is 10.9 Å². The van der Waals surface area contributed by atoms with Crippen LogP contribution in [0.15, 0.2) is 59.6 Å². The van der Waals surface area contributed by atoms with Crippen molar-refractivity contribution in [3.63, 3.8) is 0 Å². The molecule has 2 aromatic carbocycles. The summed E-state index contributed by atoms with van der Waals surface area (Å²) in [5.41, 5.74) is 2.04. The Labute approximate surface area is 160 Å². The normalized spacial score (nSPS) is 12.9. The van der Waals surface area contributed by atoms with Crippen LogP contribution in [-0.2, 0) is 10.0 Å². The predicted molar refractivity (Wildman–Crippen MR) is 108 cm³/mol. The molecule has 1 aromatic heterocycles. The first kappa shape index (κ1) is 19.0. The summed E-state index contributed by atoms with van der Waals surface area (Å²) >= 11 is 0. The molecule has 1 unspecified atom stereocenters. The second kappa shape index (κ2) is 7.45. The number of anilines is 1. The van der Waals surface area contributed by atoms with Crippen LogP contribution in [0.1, 0.15) is 32.8 Å². The lowest BCUT2D eigenvalue weighted by molar-refractivity contribution is 0.509. The second-order valence-corrected chi connectivity index (χ2v) is 8.98. The van der Waals surface area contributed by atoms with Gasteiger partial charge in [-0.15, -0.1) is 0 Å². The molecule has 27 heavy (non-hydrogen) atoms. The van der Waals surface area contributed by atoms with Crippen molar-refractivity contribution >= 4 is 26.6 Å². The van der Waals surface area contributed by atoms with Gasteiger partial charge < -0.3 is 4.98 Å². The number of H-pyrrole nitrogens is 1. The van der Waals surface area contributed by atoms with Gasteiger partial charge in [0.2, 0.25) is 0 Å². The maximum absolute atomic E-state index is 13.5. The minimum absolute atomic E-state index is 0.186. The Morgan fingerprint density at radius 2 is 1.78 bits per heavy atom. The average Bonchev–Trinajstić information content (AvgIpc) is 3.09. The third-order valence-electron chi connectivity index (χ3n) is 4.54. The number of nitriles is 1. The van der Waals surface area contributed by atoms with E-state index in [1.807, 2.05) is 43.5 Å². The molecule has 0 aliphatic rings. The molecule has 0 saturated heterocycles. The Morgan fingerprint density at radius 3 is 2.41 bits per heavy atom. The summed E-state index contributed by atoms with van der Waals surface area (Å²) in [7, 11) is -3.76. The van der Waals surface area contributed by atoms with Crippen molar-refractivity contribution in [2.75, 3.05) is 4.31 Å². The fourth-order valence-electron chi connectivity index (χ4n) is 3.40. The summed E-state index contributed by atoms with van der Waals surface area (Å²) in [5.74, 6) is 0.356. The first-order valence-corrected chi connectivity index (χ1v) is 10.4. The molecule has 0 radical (unpaired) electrons. The van der Waals surface area contributed by atoms with Crippen LogP contribution in [0, 0.1) is 17.2 Å². The summed E-state index contributed by atoms with van der Waals surface area (Å²) in [6.07, 6.45) is 2.58. The van der Waals surface area contributed by atoms with Crippen LogP contribution in [0.3, 0.4) is 0 Å². The zero-order valence-corrected chi connectivity index (χ0v) is 16.5. The molecule has 0 spiro atoms. The van der Waals surface area contributed by atoms with E-state index in [1.165, 1.54) is 28.6 Å². The van der Waals surface area contributed by atoms with E-state index >= 15 is 0 Å². The third kappa shape index (κ3) is 3.83. The molecular weight excluding hydrogens is 358 g/mol. The van der Waals surface area contributed by atoms with Gasteiger partial charge in [-0.2, -0.15) is 5.26 Å². The van der Waals surface area contributed by atoms with Crippen molar-refractivity contribution in [1.29, 1.82) is 5.26 Å². The van der Waals surface area contributed by atoms with E-state index in [9.17, 15) is 8.42 Å². The number of aromatic nitrogens is 1. The van der Waals surface area contributed by atoms with Gasteiger partial charge in [0.15, 0.2) is 0 Å². The van der Waals surface area contributed by atoms with E-state index in [-0.39, 0.29) is 10.9 Å². The highest BCUT2D eigenvalue weighted by atomic mass is 32.2. The van der Waals surface area contributed by atoms with Crippen LogP contribution in [0.2, 0.25) is 0 Å². The summed E-state index contributed by atoms with van der Waals surface area (Å²) in [6.45, 7) is 6.10. The fourth-order valence-corrected chi connectivity index (χ4v) is 5.06. The number of nitrogens with zero attached hydrogens (tertiary/aromatic N) is 2. The van der Waals surface area contributed by atoms with Crippen molar-refractivity contribution in [1.82, 2.24) is 4.98 Å². The molecule has 1 heterocycles. The highest BCUT2D eigenvalue weighted by Crippen LogP contribution is 2.31. The summed E-state index contributed by atoms with van der Waals surface area (Å²) in [4.78, 5) is 3.32. The maximum Gasteiger partial charge on any atom is 0.264 e. The number of hydrogen-bond acceptors (Lipinski definition) is 3. The molecule has 0 saturated carbocycles. The third-order valence-corrected chi connectivity index (χ3v) is 6.50. The highest BCUT2D eigenvalue weighted by Gasteiger charge is 2.30. The Kier molecular flexibility index (Phi) is 5.24. The van der Waals surface area contributed by atoms with Crippen LogP contribution in [-0.4, -0.2) is 19.4 Å². The molecule has 0 bridgehead atoms. The molecule has 0 aliphatic heterocycles. The van der Waals surface area contributed by atoms with Crippen molar-refractivity contribution in [2.24, 2.45) is 5.92 Å². The molecule has 1 N–H and O–H groups in total. The zero-order valence-electron chi connectivity index (χ0n) is 15.7. The Bertz CT molecular complexity index is 1080. The van der Waals surface area contributed by atoms with E-state index in [0.29, 0.717) is 17.2 Å². The lowest BCUT2D eigenvalue weighted by atomic mass is 10.0. The average molecular weight is 382 g/mol. The molecule has 3 rings (SSSR count). The minimum atomic E-state index is -3.76. The molecule has 0 aliphatic carbocycles. The van der Waals surface area contributed by atoms with Crippen LogP contribution < -0.4 is 4.31 Å². The van der Waals surface area contributed by atoms with Crippen molar-refractivity contribution < 1.29 is 8.42 Å². The van der Waals surface area contributed by atoms with E-state index in [1.54, 1.807) is 0 Å². The predicted octanol–water partition coefficient (Wildman–Crippen LogP) is 4.67. The van der Waals surface area contributed by atoms with Gasteiger partial charge in [-0.1, -0.05) is 13.8 Å². The van der Waals surface area contributed by atoms with Gasteiger partial charge >= 0.3 is 0 Å². The van der Waals surface area contributed by atoms with Gasteiger partial charge in [0.1, 0.15) is 0 Å². The highest BCUT2D eigenvalue weighted by molar-refractivity contribution is 7.92. The maximum atomic E-state index is 13.5. The Morgan fingerprint density at radius 1 is 1.07 bits per heavy atom. The first-order chi connectivity index (χ1) is 12.8. The van der Waals surface area contributed by atoms with Crippen molar-refractivity contribution in [2.45, 2.75) is 38.1 Å². The smallest absolute Gasteiger partial charge is 0.264 e. The number of sulfonamides is 1. The van der Waals surface area contributed by atoms with Gasteiger partial charge in [-0.3, -0.25) is 4.31 Å². The number of benzene rings is 2. The number of aromatic amines is 1. The standard InChI is InChI=1S/C21H23N3O2S/c1-15(2)12-16(3)24(19-6-9-21-18(13-19)10-11-23-21)27(25,26)20-7-4-17(14-22)5-8-20/h4-11,13,15-16,23H,12H2,1-3H3. The largest absolute Gasteiger partial charge is 0.361 e. The number of fused-ring (bicyclic) bond motifs is 1. The van der Waals surface area contributed by atoms with Gasteiger partial charge in [0, 0.05) is 23.1 Å². The SMILES string of the molecule is CC(C)CC(C)N(c1ccc2[nH]ccc2c1)S(=O)(=O)c1ccc(C#N)cc1. The van der Waals surface area contributed by atoms with Crippen molar-refractivity contribution in [3.05, 3.63) is 60.3 Å². The van der Waals surface area contributed by atoms with Gasteiger partial charge in [0.05, 0.1) is 22.2 Å². The Hall–Kier alpha value is -2.78. The van der Waals surface area contributed by atoms with Gasteiger partial charge in [-0.05, 0) is 67.8 Å². The monoisotopic (exact) mass is 381 g/mol. The molecule has 5 nitrogen and oxygen atoms in total. The molecule has 140 valence electrons. The summed E-state index contributed by atoms with van der Waals surface area (Å²) in [6, 6.07) is 15.4. The number of hydrogen-bond donors (Lipinski definition) is 1. The van der Waals surface area contributed by atoms with Gasteiger partial charge in [-0.25, -0.2) is 8.42 Å². The molecule has 0 fully saturated rings. The summed E-state index contributed by atoms with van der Waals surface area (Å²) < 4.78 is 28.4. The Balaban J connectivity index is 2.11. The van der Waals surface area contributed by atoms with Crippen molar-refractivity contribution in [3.8, 4) is 6.07 Å². The summed E-state index contributed by atoms with van der Waals surface area (Å²) in [5, 5.41) is 9.94. The number of rotatable bonds is 6. The molecule has 0 amide bonds. The fraction of sp³-hybridized carbons (Fsp3) is 0.286. The van der Waals surface area contributed by atoms with E-state index in [0.717, 1.165) is 17.3 Å². The molecule has 6 heteroatoms. The van der Waals surface area contributed by atoms with Gasteiger partial charge in [0.25, 0.3) is 10.0 Å². The number of nitrogens with one attached hydrogen (secondary N) is 1. The lowest BCUT2D eigenvalue weighted by Gasteiger charge is -2.31.